The first-order valence-electron chi connectivity index (χ1n) is 7.80. The second kappa shape index (κ2) is 7.93. The van der Waals surface area contributed by atoms with Crippen molar-refractivity contribution in [3.05, 3.63) is 90.0 Å². The van der Waals surface area contributed by atoms with Crippen LogP contribution < -0.4 is 9.47 Å². The van der Waals surface area contributed by atoms with Crippen molar-refractivity contribution in [2.45, 2.75) is 10.1 Å². The van der Waals surface area contributed by atoms with Crippen molar-refractivity contribution in [2.75, 3.05) is 14.2 Å². The molecular formula is C21H20O2S. The molecule has 0 heterocycles. The van der Waals surface area contributed by atoms with E-state index >= 15 is 0 Å². The Labute approximate surface area is 147 Å². The van der Waals surface area contributed by atoms with Gasteiger partial charge in [-0.3, -0.25) is 0 Å². The molecule has 0 amide bonds. The van der Waals surface area contributed by atoms with E-state index < -0.39 is 0 Å². The fraction of sp³-hybridized carbons (Fsp3) is 0.143. The average Bonchev–Trinajstić information content (AvgIpc) is 2.67. The molecule has 24 heavy (non-hydrogen) atoms. The second-order valence-corrected chi connectivity index (χ2v) is 6.54. The predicted molar refractivity (Wildman–Crippen MR) is 100 cm³/mol. The van der Waals surface area contributed by atoms with E-state index in [0.717, 1.165) is 11.5 Å². The minimum absolute atomic E-state index is 0.212. The standard InChI is InChI=1S/C21H20O2S/c1-22-18-12-8-16(9-13-18)21(24-20-6-4-3-5-7-20)17-10-14-19(23-2)15-11-17/h3-15,21H,1-2H3. The van der Waals surface area contributed by atoms with Gasteiger partial charge in [-0.15, -0.1) is 11.8 Å². The fourth-order valence-electron chi connectivity index (χ4n) is 2.52. The van der Waals surface area contributed by atoms with Crippen LogP contribution in [0.5, 0.6) is 11.5 Å². The van der Waals surface area contributed by atoms with Gasteiger partial charge in [0.05, 0.1) is 19.5 Å². The molecular weight excluding hydrogens is 316 g/mol. The average molecular weight is 336 g/mol. The van der Waals surface area contributed by atoms with Gasteiger partial charge in [-0.25, -0.2) is 0 Å². The Balaban J connectivity index is 1.95. The molecule has 0 saturated heterocycles. The van der Waals surface area contributed by atoms with Gasteiger partial charge in [0.15, 0.2) is 0 Å². The van der Waals surface area contributed by atoms with Crippen molar-refractivity contribution in [1.82, 2.24) is 0 Å². The Kier molecular flexibility index (Phi) is 5.44. The van der Waals surface area contributed by atoms with Gasteiger partial charge in [-0.2, -0.15) is 0 Å². The summed E-state index contributed by atoms with van der Waals surface area (Å²) in [7, 11) is 3.38. The second-order valence-electron chi connectivity index (χ2n) is 5.36. The molecule has 0 bridgehead atoms. The Hall–Kier alpha value is -2.39. The van der Waals surface area contributed by atoms with E-state index in [4.69, 9.17) is 9.47 Å². The summed E-state index contributed by atoms with van der Waals surface area (Å²) >= 11 is 1.84. The lowest BCUT2D eigenvalue weighted by Crippen LogP contribution is -1.97. The van der Waals surface area contributed by atoms with Crippen molar-refractivity contribution in [2.24, 2.45) is 0 Å². The summed E-state index contributed by atoms with van der Waals surface area (Å²) < 4.78 is 10.6. The monoisotopic (exact) mass is 336 g/mol. The Morgan fingerprint density at radius 2 is 1.08 bits per heavy atom. The molecule has 0 aliphatic carbocycles. The van der Waals surface area contributed by atoms with Crippen LogP contribution in [-0.2, 0) is 0 Å². The van der Waals surface area contributed by atoms with Crippen LogP contribution in [-0.4, -0.2) is 14.2 Å². The van der Waals surface area contributed by atoms with Crippen molar-refractivity contribution < 1.29 is 9.47 Å². The van der Waals surface area contributed by atoms with Crippen LogP contribution in [0.4, 0.5) is 0 Å². The van der Waals surface area contributed by atoms with Gasteiger partial charge in [-0.1, -0.05) is 42.5 Å². The van der Waals surface area contributed by atoms with Gasteiger partial charge in [-0.05, 0) is 47.5 Å². The van der Waals surface area contributed by atoms with Gasteiger partial charge in [0.2, 0.25) is 0 Å². The Bertz CT molecular complexity index is 705. The molecule has 0 fully saturated rings. The molecule has 0 spiro atoms. The summed E-state index contributed by atoms with van der Waals surface area (Å²) in [6.45, 7) is 0. The topological polar surface area (TPSA) is 18.5 Å². The first-order chi connectivity index (χ1) is 11.8. The number of methoxy groups -OCH3 is 2. The number of ether oxygens (including phenoxy) is 2. The van der Waals surface area contributed by atoms with Crippen molar-refractivity contribution in [1.29, 1.82) is 0 Å². The number of rotatable bonds is 6. The van der Waals surface area contributed by atoms with Gasteiger partial charge < -0.3 is 9.47 Å². The van der Waals surface area contributed by atoms with E-state index in [0.29, 0.717) is 0 Å². The van der Waals surface area contributed by atoms with E-state index in [2.05, 4.69) is 48.5 Å². The van der Waals surface area contributed by atoms with E-state index in [1.54, 1.807) is 14.2 Å². The van der Waals surface area contributed by atoms with E-state index in [9.17, 15) is 0 Å². The highest BCUT2D eigenvalue weighted by Gasteiger charge is 2.16. The molecule has 0 atom stereocenters. The largest absolute Gasteiger partial charge is 0.497 e. The number of benzene rings is 3. The molecule has 0 unspecified atom stereocenters. The Morgan fingerprint density at radius 3 is 1.50 bits per heavy atom. The van der Waals surface area contributed by atoms with Crippen LogP contribution in [0.3, 0.4) is 0 Å². The molecule has 0 aliphatic rings. The zero-order valence-electron chi connectivity index (χ0n) is 13.8. The maximum absolute atomic E-state index is 5.28. The maximum Gasteiger partial charge on any atom is 0.118 e. The van der Waals surface area contributed by atoms with Gasteiger partial charge >= 0.3 is 0 Å². The number of hydrogen-bond acceptors (Lipinski definition) is 3. The molecule has 3 aromatic carbocycles. The molecule has 2 nitrogen and oxygen atoms in total. The van der Waals surface area contributed by atoms with Crippen molar-refractivity contribution in [3.8, 4) is 11.5 Å². The number of thioether (sulfide) groups is 1. The van der Waals surface area contributed by atoms with Crippen LogP contribution >= 0.6 is 11.8 Å². The SMILES string of the molecule is COc1ccc(C(Sc2ccccc2)c2ccc(OC)cc2)cc1. The summed E-state index contributed by atoms with van der Waals surface area (Å²) in [5, 5.41) is 0.212. The molecule has 122 valence electrons. The fourth-order valence-corrected chi connectivity index (χ4v) is 3.69. The molecule has 3 rings (SSSR count). The summed E-state index contributed by atoms with van der Waals surface area (Å²) in [4.78, 5) is 1.24. The molecule has 0 N–H and O–H groups in total. The summed E-state index contributed by atoms with van der Waals surface area (Å²) in [5.74, 6) is 1.74. The van der Waals surface area contributed by atoms with Crippen LogP contribution in [0.25, 0.3) is 0 Å². The Morgan fingerprint density at radius 1 is 0.625 bits per heavy atom. The summed E-state index contributed by atoms with van der Waals surface area (Å²) in [5.41, 5.74) is 2.49. The van der Waals surface area contributed by atoms with E-state index in [1.807, 2.05) is 42.1 Å². The van der Waals surface area contributed by atoms with Gasteiger partial charge in [0.1, 0.15) is 11.5 Å². The quantitative estimate of drug-likeness (QED) is 0.547. The maximum atomic E-state index is 5.28. The lowest BCUT2D eigenvalue weighted by Gasteiger charge is -2.18. The minimum Gasteiger partial charge on any atom is -0.497 e. The third kappa shape index (κ3) is 3.92. The zero-order chi connectivity index (χ0) is 16.8. The molecule has 0 radical (unpaired) electrons. The van der Waals surface area contributed by atoms with Crippen molar-refractivity contribution in [3.63, 3.8) is 0 Å². The zero-order valence-corrected chi connectivity index (χ0v) is 14.6. The predicted octanol–water partition coefficient (Wildman–Crippen LogP) is 5.59. The van der Waals surface area contributed by atoms with Gasteiger partial charge in [0, 0.05) is 4.90 Å². The highest BCUT2D eigenvalue weighted by Crippen LogP contribution is 2.41. The third-order valence-corrected chi connectivity index (χ3v) is 5.16. The summed E-state index contributed by atoms with van der Waals surface area (Å²) in [6.07, 6.45) is 0. The third-order valence-electron chi connectivity index (χ3n) is 3.83. The van der Waals surface area contributed by atoms with Crippen LogP contribution in [0, 0.1) is 0 Å². The van der Waals surface area contributed by atoms with Gasteiger partial charge in [0.25, 0.3) is 0 Å². The van der Waals surface area contributed by atoms with E-state index in [-0.39, 0.29) is 5.25 Å². The molecule has 0 aromatic heterocycles. The first kappa shape index (κ1) is 16.5. The highest BCUT2D eigenvalue weighted by atomic mass is 32.2. The highest BCUT2D eigenvalue weighted by molar-refractivity contribution is 7.99. The van der Waals surface area contributed by atoms with Crippen LogP contribution in [0.2, 0.25) is 0 Å². The molecule has 3 heteroatoms. The normalized spacial score (nSPS) is 10.6. The molecule has 0 aliphatic heterocycles. The number of hydrogen-bond donors (Lipinski definition) is 0. The summed E-state index contributed by atoms with van der Waals surface area (Å²) in [6, 6.07) is 27.0. The first-order valence-corrected chi connectivity index (χ1v) is 8.67. The van der Waals surface area contributed by atoms with Crippen LogP contribution in [0.15, 0.2) is 83.8 Å². The molecule has 3 aromatic rings. The lowest BCUT2D eigenvalue weighted by atomic mass is 10.0. The smallest absolute Gasteiger partial charge is 0.118 e. The van der Waals surface area contributed by atoms with Crippen LogP contribution in [0.1, 0.15) is 16.4 Å². The molecule has 0 saturated carbocycles. The lowest BCUT2D eigenvalue weighted by molar-refractivity contribution is 0.414. The van der Waals surface area contributed by atoms with Crippen molar-refractivity contribution >= 4 is 11.8 Å². The minimum atomic E-state index is 0.212. The van der Waals surface area contributed by atoms with E-state index in [1.165, 1.54) is 16.0 Å².